The van der Waals surface area contributed by atoms with Crippen LogP contribution in [0.1, 0.15) is 46.0 Å². The molecule has 1 heterocycles. The van der Waals surface area contributed by atoms with E-state index in [2.05, 4.69) is 15.6 Å². The van der Waals surface area contributed by atoms with Gasteiger partial charge in [0.2, 0.25) is 5.91 Å². The predicted octanol–water partition coefficient (Wildman–Crippen LogP) is 0.920. The molecule has 3 N–H and O–H groups in total. The van der Waals surface area contributed by atoms with Crippen LogP contribution in [-0.4, -0.2) is 43.0 Å². The number of H-pyrrole nitrogens is 1. The molecule has 22 heavy (non-hydrogen) atoms. The summed E-state index contributed by atoms with van der Waals surface area (Å²) in [7, 11) is 1.30. The summed E-state index contributed by atoms with van der Waals surface area (Å²) in [5.74, 6) is -0.954. The lowest BCUT2D eigenvalue weighted by Gasteiger charge is -2.08. The summed E-state index contributed by atoms with van der Waals surface area (Å²) < 4.78 is 4.70. The van der Waals surface area contributed by atoms with Crippen molar-refractivity contribution in [2.45, 2.75) is 27.7 Å². The summed E-state index contributed by atoms with van der Waals surface area (Å²) >= 11 is 0. The van der Waals surface area contributed by atoms with Gasteiger partial charge in [0.15, 0.2) is 0 Å². The summed E-state index contributed by atoms with van der Waals surface area (Å²) in [6.45, 7) is 7.65. The lowest BCUT2D eigenvalue weighted by Crippen LogP contribution is -2.36. The van der Waals surface area contributed by atoms with Crippen molar-refractivity contribution in [1.29, 1.82) is 0 Å². The molecule has 0 bridgehead atoms. The molecule has 0 unspecified atom stereocenters. The highest BCUT2D eigenvalue weighted by Gasteiger charge is 2.22. The molecule has 0 radical (unpaired) electrons. The highest BCUT2D eigenvalue weighted by Crippen LogP contribution is 2.18. The normalized spacial score (nSPS) is 10.5. The Bertz CT molecular complexity index is 576. The van der Waals surface area contributed by atoms with E-state index in [1.165, 1.54) is 7.11 Å². The third-order valence-corrected chi connectivity index (χ3v) is 3.29. The van der Waals surface area contributed by atoms with Crippen molar-refractivity contribution in [1.82, 2.24) is 15.6 Å². The third kappa shape index (κ3) is 4.09. The highest BCUT2D eigenvalue weighted by atomic mass is 16.5. The van der Waals surface area contributed by atoms with Crippen LogP contribution < -0.4 is 10.6 Å². The van der Waals surface area contributed by atoms with E-state index in [0.29, 0.717) is 35.6 Å². The molecular weight excluding hydrogens is 286 g/mol. The minimum absolute atomic E-state index is 0.0610. The molecule has 1 rings (SSSR count). The number of rotatable bonds is 6. The van der Waals surface area contributed by atoms with Gasteiger partial charge in [-0.1, -0.05) is 13.8 Å². The molecular formula is C15H23N3O4. The molecule has 0 aliphatic carbocycles. The van der Waals surface area contributed by atoms with Crippen LogP contribution in [0.25, 0.3) is 0 Å². The van der Waals surface area contributed by atoms with Crippen LogP contribution in [0.4, 0.5) is 0 Å². The number of hydrogen-bond donors (Lipinski definition) is 3. The lowest BCUT2D eigenvalue weighted by atomic mass is 10.1. The Balaban J connectivity index is 2.64. The molecule has 7 heteroatoms. The molecule has 2 amide bonds. The van der Waals surface area contributed by atoms with Crippen LogP contribution in [0.15, 0.2) is 0 Å². The summed E-state index contributed by atoms with van der Waals surface area (Å²) in [5, 5.41) is 5.40. The maximum atomic E-state index is 12.1. The summed E-state index contributed by atoms with van der Waals surface area (Å²) in [4.78, 5) is 38.1. The minimum atomic E-state index is -0.477. The average Bonchev–Trinajstić information content (AvgIpc) is 2.77. The van der Waals surface area contributed by atoms with Crippen LogP contribution >= 0.6 is 0 Å². The molecule has 1 aromatic heterocycles. The maximum absolute atomic E-state index is 12.1. The number of aryl methyl sites for hydroxylation is 1. The van der Waals surface area contributed by atoms with E-state index in [0.717, 1.165) is 0 Å². The Morgan fingerprint density at radius 2 is 1.73 bits per heavy atom. The van der Waals surface area contributed by atoms with Crippen molar-refractivity contribution in [2.24, 2.45) is 5.92 Å². The molecule has 0 atom stereocenters. The molecule has 0 spiro atoms. The quantitative estimate of drug-likeness (QED) is 0.537. The van der Waals surface area contributed by atoms with Crippen LogP contribution in [0.3, 0.4) is 0 Å². The fourth-order valence-corrected chi connectivity index (χ4v) is 2.04. The number of aromatic amines is 1. The lowest BCUT2D eigenvalue weighted by molar-refractivity contribution is -0.123. The zero-order chi connectivity index (χ0) is 16.9. The number of amides is 2. The largest absolute Gasteiger partial charge is 0.465 e. The molecule has 0 aliphatic heterocycles. The van der Waals surface area contributed by atoms with E-state index in [1.807, 2.05) is 0 Å². The van der Waals surface area contributed by atoms with Crippen LogP contribution in [-0.2, 0) is 9.53 Å². The number of methoxy groups -OCH3 is 1. The van der Waals surface area contributed by atoms with Gasteiger partial charge in [-0.05, 0) is 19.4 Å². The molecule has 7 nitrogen and oxygen atoms in total. The Labute approximate surface area is 129 Å². The molecule has 1 aromatic rings. The Morgan fingerprint density at radius 3 is 2.27 bits per heavy atom. The van der Waals surface area contributed by atoms with Crippen molar-refractivity contribution in [2.75, 3.05) is 20.2 Å². The van der Waals surface area contributed by atoms with Gasteiger partial charge in [0.25, 0.3) is 5.91 Å². The third-order valence-electron chi connectivity index (χ3n) is 3.29. The predicted molar refractivity (Wildman–Crippen MR) is 81.8 cm³/mol. The zero-order valence-electron chi connectivity index (χ0n) is 13.6. The van der Waals surface area contributed by atoms with E-state index in [4.69, 9.17) is 4.74 Å². The highest BCUT2D eigenvalue weighted by molar-refractivity contribution is 6.00. The van der Waals surface area contributed by atoms with Crippen LogP contribution in [0.2, 0.25) is 0 Å². The van der Waals surface area contributed by atoms with E-state index < -0.39 is 5.97 Å². The number of esters is 1. The average molecular weight is 309 g/mol. The molecule has 0 aliphatic rings. The number of ether oxygens (including phenoxy) is 1. The standard InChI is InChI=1S/C15H23N3O4/c1-8(2)13(19)16-6-7-17-14(20)12-9(3)11(10(4)18-12)15(21)22-5/h8,18H,6-7H2,1-5H3,(H,16,19)(H,17,20). The van der Waals surface area contributed by atoms with Gasteiger partial charge in [0.05, 0.1) is 12.7 Å². The molecule has 0 saturated heterocycles. The van der Waals surface area contributed by atoms with Gasteiger partial charge in [-0.2, -0.15) is 0 Å². The summed E-state index contributed by atoms with van der Waals surface area (Å²) in [5.41, 5.74) is 1.84. The second-order valence-electron chi connectivity index (χ2n) is 5.32. The second-order valence-corrected chi connectivity index (χ2v) is 5.32. The Kier molecular flexibility index (Phi) is 6.15. The maximum Gasteiger partial charge on any atom is 0.339 e. The molecule has 0 saturated carbocycles. The summed E-state index contributed by atoms with van der Waals surface area (Å²) in [6.07, 6.45) is 0. The van der Waals surface area contributed by atoms with Crippen molar-refractivity contribution in [3.05, 3.63) is 22.5 Å². The smallest absolute Gasteiger partial charge is 0.339 e. The Hall–Kier alpha value is -2.31. The number of carbonyl (C=O) groups is 3. The van der Waals surface area contributed by atoms with E-state index in [1.54, 1.807) is 27.7 Å². The monoisotopic (exact) mass is 309 g/mol. The second kappa shape index (κ2) is 7.63. The van der Waals surface area contributed by atoms with Crippen molar-refractivity contribution in [3.8, 4) is 0 Å². The molecule has 0 fully saturated rings. The first-order valence-corrected chi connectivity index (χ1v) is 7.13. The first-order valence-electron chi connectivity index (χ1n) is 7.13. The number of aromatic nitrogens is 1. The van der Waals surface area contributed by atoms with Gasteiger partial charge < -0.3 is 20.4 Å². The van der Waals surface area contributed by atoms with E-state index in [9.17, 15) is 14.4 Å². The fourth-order valence-electron chi connectivity index (χ4n) is 2.04. The zero-order valence-corrected chi connectivity index (χ0v) is 13.6. The van der Waals surface area contributed by atoms with Gasteiger partial charge in [-0.25, -0.2) is 4.79 Å². The Morgan fingerprint density at radius 1 is 1.14 bits per heavy atom. The van der Waals surface area contributed by atoms with Crippen molar-refractivity contribution < 1.29 is 19.1 Å². The topological polar surface area (TPSA) is 100 Å². The van der Waals surface area contributed by atoms with Gasteiger partial charge in [-0.15, -0.1) is 0 Å². The van der Waals surface area contributed by atoms with Crippen LogP contribution in [0.5, 0.6) is 0 Å². The number of hydrogen-bond acceptors (Lipinski definition) is 4. The summed E-state index contributed by atoms with van der Waals surface area (Å²) in [6, 6.07) is 0. The first kappa shape index (κ1) is 17.7. The minimum Gasteiger partial charge on any atom is -0.465 e. The van der Waals surface area contributed by atoms with Gasteiger partial charge in [0, 0.05) is 24.7 Å². The van der Waals surface area contributed by atoms with Crippen LogP contribution in [0, 0.1) is 19.8 Å². The van der Waals surface area contributed by atoms with E-state index >= 15 is 0 Å². The molecule has 122 valence electrons. The first-order chi connectivity index (χ1) is 10.3. The number of nitrogens with one attached hydrogen (secondary N) is 3. The number of carbonyl (C=O) groups excluding carboxylic acids is 3. The molecule has 0 aromatic carbocycles. The van der Waals surface area contributed by atoms with Crippen molar-refractivity contribution >= 4 is 17.8 Å². The van der Waals surface area contributed by atoms with E-state index in [-0.39, 0.29) is 17.7 Å². The van der Waals surface area contributed by atoms with Crippen molar-refractivity contribution in [3.63, 3.8) is 0 Å². The van der Waals surface area contributed by atoms with Gasteiger partial charge >= 0.3 is 5.97 Å². The fraction of sp³-hybridized carbons (Fsp3) is 0.533. The SMILES string of the molecule is COC(=O)c1c(C)[nH]c(C(=O)NCCNC(=O)C(C)C)c1C. The van der Waals surface area contributed by atoms with Gasteiger partial charge in [-0.3, -0.25) is 9.59 Å². The van der Waals surface area contributed by atoms with Gasteiger partial charge in [0.1, 0.15) is 5.69 Å².